The van der Waals surface area contributed by atoms with E-state index >= 15 is 0 Å². The van der Waals surface area contributed by atoms with Gasteiger partial charge >= 0.3 is 0 Å². The summed E-state index contributed by atoms with van der Waals surface area (Å²) in [7, 11) is 3.22. The van der Waals surface area contributed by atoms with Crippen molar-refractivity contribution in [2.45, 2.75) is 32.4 Å². The van der Waals surface area contributed by atoms with Crippen molar-refractivity contribution >= 4 is 0 Å². The third-order valence-corrected chi connectivity index (χ3v) is 3.60. The maximum Gasteiger partial charge on any atom is 0.224 e. The summed E-state index contributed by atoms with van der Waals surface area (Å²) in [5.41, 5.74) is 0.868. The number of aromatic nitrogens is 2. The summed E-state index contributed by atoms with van der Waals surface area (Å²) in [4.78, 5) is 10.7. The van der Waals surface area contributed by atoms with E-state index in [1.165, 1.54) is 19.2 Å². The first-order valence-corrected chi connectivity index (χ1v) is 7.16. The molecule has 2 rings (SSSR count). The lowest BCUT2D eigenvalue weighted by atomic mass is 10.3. The molecule has 1 heterocycles. The van der Waals surface area contributed by atoms with Crippen molar-refractivity contribution in [2.75, 3.05) is 33.9 Å². The minimum Gasteiger partial charge on any atom is -0.481 e. The molecule has 112 valence electrons. The van der Waals surface area contributed by atoms with Gasteiger partial charge in [-0.25, -0.2) is 9.97 Å². The molecule has 0 atom stereocenters. The van der Waals surface area contributed by atoms with Gasteiger partial charge in [0.1, 0.15) is 6.33 Å². The van der Waals surface area contributed by atoms with Crippen LogP contribution in [0.5, 0.6) is 11.8 Å². The Kier molecular flexibility index (Phi) is 5.55. The van der Waals surface area contributed by atoms with Crippen molar-refractivity contribution in [2.24, 2.45) is 0 Å². The first-order chi connectivity index (χ1) is 9.80. The highest BCUT2D eigenvalue weighted by Gasteiger charge is 2.27. The van der Waals surface area contributed by atoms with Crippen molar-refractivity contribution in [1.29, 1.82) is 0 Å². The summed E-state index contributed by atoms with van der Waals surface area (Å²) in [5.74, 6) is 1.14. The van der Waals surface area contributed by atoms with E-state index in [1.807, 2.05) is 0 Å². The highest BCUT2D eigenvalue weighted by Crippen LogP contribution is 2.26. The van der Waals surface area contributed by atoms with Crippen molar-refractivity contribution in [3.05, 3.63) is 11.9 Å². The van der Waals surface area contributed by atoms with Crippen LogP contribution < -0.4 is 14.8 Å². The predicted octanol–water partition coefficient (Wildman–Crippen LogP) is 1.07. The molecular weight excluding hydrogens is 256 g/mol. The normalized spacial score (nSPS) is 14.6. The van der Waals surface area contributed by atoms with Crippen molar-refractivity contribution in [1.82, 2.24) is 20.2 Å². The summed E-state index contributed by atoms with van der Waals surface area (Å²) in [5, 5.41) is 3.42. The number of hydrogen-bond acceptors (Lipinski definition) is 6. The fraction of sp³-hybridized carbons (Fsp3) is 0.714. The summed E-state index contributed by atoms with van der Waals surface area (Å²) < 4.78 is 10.5. The topological polar surface area (TPSA) is 59.5 Å². The van der Waals surface area contributed by atoms with Crippen molar-refractivity contribution < 1.29 is 9.47 Å². The molecule has 6 heteroatoms. The molecule has 0 spiro atoms. The number of rotatable bonds is 9. The van der Waals surface area contributed by atoms with Crippen LogP contribution in [0.1, 0.15) is 25.3 Å². The van der Waals surface area contributed by atoms with Gasteiger partial charge in [0.05, 0.1) is 19.8 Å². The number of methoxy groups -OCH3 is 2. The fourth-order valence-electron chi connectivity index (χ4n) is 2.36. The molecule has 0 unspecified atom stereocenters. The Morgan fingerprint density at radius 2 is 1.90 bits per heavy atom. The molecule has 0 bridgehead atoms. The molecule has 1 N–H and O–H groups in total. The molecule has 0 amide bonds. The molecule has 20 heavy (non-hydrogen) atoms. The number of hydrogen-bond donors (Lipinski definition) is 1. The van der Waals surface area contributed by atoms with Gasteiger partial charge in [-0.1, -0.05) is 6.92 Å². The average Bonchev–Trinajstić information content (AvgIpc) is 3.31. The summed E-state index contributed by atoms with van der Waals surface area (Å²) >= 11 is 0. The Balaban J connectivity index is 1.83. The smallest absolute Gasteiger partial charge is 0.224 e. The van der Waals surface area contributed by atoms with Crippen LogP contribution in [0.4, 0.5) is 0 Å². The van der Waals surface area contributed by atoms with Gasteiger partial charge in [0.15, 0.2) is 0 Å². The van der Waals surface area contributed by atoms with Gasteiger partial charge in [0.25, 0.3) is 0 Å². The molecule has 1 aliphatic rings. The molecule has 0 aromatic carbocycles. The van der Waals surface area contributed by atoms with E-state index in [0.717, 1.165) is 31.2 Å². The molecular formula is C14H24N4O2. The largest absolute Gasteiger partial charge is 0.481 e. The molecule has 0 radical (unpaired) electrons. The zero-order chi connectivity index (χ0) is 14.4. The molecule has 1 aromatic rings. The second kappa shape index (κ2) is 7.40. The first kappa shape index (κ1) is 15.0. The van der Waals surface area contributed by atoms with E-state index in [4.69, 9.17) is 9.47 Å². The Hall–Kier alpha value is -1.40. The van der Waals surface area contributed by atoms with E-state index in [9.17, 15) is 0 Å². The lowest BCUT2D eigenvalue weighted by molar-refractivity contribution is 0.276. The second-order valence-electron chi connectivity index (χ2n) is 4.91. The van der Waals surface area contributed by atoms with E-state index < -0.39 is 0 Å². The van der Waals surface area contributed by atoms with E-state index in [1.54, 1.807) is 14.2 Å². The fourth-order valence-corrected chi connectivity index (χ4v) is 2.36. The maximum atomic E-state index is 5.25. The third-order valence-electron chi connectivity index (χ3n) is 3.60. The minimum absolute atomic E-state index is 0.568. The lowest BCUT2D eigenvalue weighted by Crippen LogP contribution is -2.33. The predicted molar refractivity (Wildman–Crippen MR) is 77.1 cm³/mol. The minimum atomic E-state index is 0.568. The van der Waals surface area contributed by atoms with E-state index in [-0.39, 0.29) is 0 Å². The Morgan fingerprint density at radius 1 is 1.25 bits per heavy atom. The quantitative estimate of drug-likeness (QED) is 0.683. The van der Waals surface area contributed by atoms with Gasteiger partial charge in [-0.3, -0.25) is 4.90 Å². The van der Waals surface area contributed by atoms with E-state index in [2.05, 4.69) is 27.1 Å². The van der Waals surface area contributed by atoms with Crippen LogP contribution in [-0.4, -0.2) is 54.8 Å². The SMILES string of the molecule is CCN(CCNCc1c(OC)ncnc1OC)C1CC1. The summed E-state index contributed by atoms with van der Waals surface area (Å²) in [6.45, 7) is 5.99. The first-order valence-electron chi connectivity index (χ1n) is 7.16. The Bertz CT molecular complexity index is 401. The van der Waals surface area contributed by atoms with Crippen LogP contribution in [0.2, 0.25) is 0 Å². The standard InChI is InChI=1S/C14H24N4O2/c1-4-18(11-5-6-11)8-7-15-9-12-13(19-2)16-10-17-14(12)20-3/h10-11,15H,4-9H2,1-3H3. The van der Waals surface area contributed by atoms with Gasteiger partial charge in [-0.05, 0) is 19.4 Å². The molecule has 1 aromatic heterocycles. The molecule has 0 saturated heterocycles. The van der Waals surface area contributed by atoms with E-state index in [0.29, 0.717) is 18.3 Å². The molecule has 1 saturated carbocycles. The zero-order valence-corrected chi connectivity index (χ0v) is 12.6. The van der Waals surface area contributed by atoms with Crippen molar-refractivity contribution in [3.63, 3.8) is 0 Å². The van der Waals surface area contributed by atoms with Gasteiger partial charge in [-0.15, -0.1) is 0 Å². The number of likely N-dealkylation sites (N-methyl/N-ethyl adjacent to an activating group) is 1. The summed E-state index contributed by atoms with van der Waals surface area (Å²) in [6.07, 6.45) is 4.15. The number of nitrogens with zero attached hydrogens (tertiary/aromatic N) is 3. The molecule has 1 fully saturated rings. The maximum absolute atomic E-state index is 5.25. The average molecular weight is 280 g/mol. The Morgan fingerprint density at radius 3 is 2.40 bits per heavy atom. The van der Waals surface area contributed by atoms with Crippen LogP contribution >= 0.6 is 0 Å². The summed E-state index contributed by atoms with van der Waals surface area (Å²) in [6, 6.07) is 0.811. The number of nitrogens with one attached hydrogen (secondary N) is 1. The monoisotopic (exact) mass is 280 g/mol. The van der Waals surface area contributed by atoms with Gasteiger partial charge < -0.3 is 14.8 Å². The van der Waals surface area contributed by atoms with Gasteiger partial charge in [-0.2, -0.15) is 0 Å². The van der Waals surface area contributed by atoms with Crippen molar-refractivity contribution in [3.8, 4) is 11.8 Å². The molecule has 1 aliphatic carbocycles. The molecule has 6 nitrogen and oxygen atoms in total. The van der Waals surface area contributed by atoms with Crippen LogP contribution in [0.3, 0.4) is 0 Å². The highest BCUT2D eigenvalue weighted by molar-refractivity contribution is 5.34. The van der Waals surface area contributed by atoms with Gasteiger partial charge in [0, 0.05) is 25.7 Å². The zero-order valence-electron chi connectivity index (χ0n) is 12.6. The van der Waals surface area contributed by atoms with Crippen LogP contribution in [-0.2, 0) is 6.54 Å². The number of ether oxygens (including phenoxy) is 2. The lowest BCUT2D eigenvalue weighted by Gasteiger charge is -2.20. The van der Waals surface area contributed by atoms with Crippen LogP contribution in [0.25, 0.3) is 0 Å². The van der Waals surface area contributed by atoms with Gasteiger partial charge in [0.2, 0.25) is 11.8 Å². The molecule has 0 aliphatic heterocycles. The third kappa shape index (κ3) is 3.80. The second-order valence-corrected chi connectivity index (χ2v) is 4.91. The highest BCUT2D eigenvalue weighted by atomic mass is 16.5. The van der Waals surface area contributed by atoms with Crippen LogP contribution in [0.15, 0.2) is 6.33 Å². The Labute approximate surface area is 120 Å². The van der Waals surface area contributed by atoms with Crippen LogP contribution in [0, 0.1) is 0 Å².